The molecular formula is C22H23FN2O6. The maximum atomic E-state index is 14.6. The van der Waals surface area contributed by atoms with Gasteiger partial charge in [-0.1, -0.05) is 6.08 Å². The highest BCUT2D eigenvalue weighted by Crippen LogP contribution is 2.51. The van der Waals surface area contributed by atoms with Gasteiger partial charge in [-0.3, -0.25) is 14.4 Å². The number of aliphatic hydroxyl groups excluding tert-OH is 1. The van der Waals surface area contributed by atoms with Crippen LogP contribution in [0.4, 0.5) is 4.39 Å². The summed E-state index contributed by atoms with van der Waals surface area (Å²) in [6.07, 6.45) is 1.44. The second kappa shape index (κ2) is 6.73. The van der Waals surface area contributed by atoms with Gasteiger partial charge >= 0.3 is 0 Å². The van der Waals surface area contributed by atoms with Crippen LogP contribution in [0.5, 0.6) is 5.75 Å². The summed E-state index contributed by atoms with van der Waals surface area (Å²) in [7, 11) is 3.35. The van der Waals surface area contributed by atoms with Gasteiger partial charge in [0.2, 0.25) is 5.78 Å². The highest BCUT2D eigenvalue weighted by atomic mass is 19.1. The first-order valence-electron chi connectivity index (χ1n) is 9.85. The Morgan fingerprint density at radius 3 is 2.52 bits per heavy atom. The molecule has 3 aliphatic rings. The quantitative estimate of drug-likeness (QED) is 0.506. The fourth-order valence-electron chi connectivity index (χ4n) is 5.21. The summed E-state index contributed by atoms with van der Waals surface area (Å²) < 4.78 is 14.6. The Kier molecular flexibility index (Phi) is 4.60. The zero-order chi connectivity index (χ0) is 23.0. The van der Waals surface area contributed by atoms with Gasteiger partial charge in [0.15, 0.2) is 11.4 Å². The highest BCUT2D eigenvalue weighted by Gasteiger charge is 2.61. The Balaban J connectivity index is 1.96. The number of aryl methyl sites for hydroxylation is 1. The molecule has 0 aliphatic heterocycles. The van der Waals surface area contributed by atoms with Gasteiger partial charge in [0.1, 0.15) is 17.3 Å². The van der Waals surface area contributed by atoms with Crippen LogP contribution in [-0.4, -0.2) is 63.4 Å². The first kappa shape index (κ1) is 21.2. The molecule has 0 aromatic heterocycles. The SMILES string of the molecule is Cc1cc(F)c2c(c1O)C(=O)C1=C(O)[C@]3(O)C(=O)C(C(N)=O)=C[C@@H](N(C)C)[C@@H]3C[C@@H]1C2. The van der Waals surface area contributed by atoms with Crippen molar-refractivity contribution in [3.63, 3.8) is 0 Å². The van der Waals surface area contributed by atoms with Gasteiger partial charge in [-0.2, -0.15) is 0 Å². The Morgan fingerprint density at radius 1 is 1.29 bits per heavy atom. The molecule has 0 saturated carbocycles. The minimum absolute atomic E-state index is 0.00739. The second-order valence-corrected chi connectivity index (χ2v) is 8.71. The second-order valence-electron chi connectivity index (χ2n) is 8.71. The van der Waals surface area contributed by atoms with Gasteiger partial charge in [0.05, 0.1) is 11.1 Å². The van der Waals surface area contributed by atoms with Gasteiger partial charge < -0.3 is 26.0 Å². The molecule has 0 spiro atoms. The number of likely N-dealkylation sites (N-methyl/N-ethyl adjacent to an activating group) is 1. The van der Waals surface area contributed by atoms with E-state index in [9.17, 15) is 34.1 Å². The van der Waals surface area contributed by atoms with E-state index >= 15 is 0 Å². The molecule has 164 valence electrons. The summed E-state index contributed by atoms with van der Waals surface area (Å²) in [5.41, 5.74) is 1.99. The van der Waals surface area contributed by atoms with E-state index in [-0.39, 0.29) is 35.1 Å². The van der Waals surface area contributed by atoms with Gasteiger partial charge in [0, 0.05) is 23.1 Å². The third-order valence-corrected chi connectivity index (χ3v) is 6.77. The Morgan fingerprint density at radius 2 is 1.94 bits per heavy atom. The molecule has 8 nitrogen and oxygen atoms in total. The molecule has 4 atom stereocenters. The van der Waals surface area contributed by atoms with Gasteiger partial charge in [-0.25, -0.2) is 4.39 Å². The molecule has 31 heavy (non-hydrogen) atoms. The monoisotopic (exact) mass is 430 g/mol. The standard InChI is InChI=1S/C22H23FN2O6/c1-8-4-13(23)10-5-9-6-12-14(25(2)3)7-11(21(24)30)19(28)22(12,31)20(29)15(9)18(27)16(10)17(8)26/h4,7,9,12,14,26,29,31H,5-6H2,1-3H3,(H2,24,30)/t9-,12-,14+,22+/m0/s1. The lowest BCUT2D eigenvalue weighted by atomic mass is 9.59. The average Bonchev–Trinajstić information content (AvgIpc) is 2.68. The Bertz CT molecular complexity index is 1120. The number of hydrogen-bond donors (Lipinski definition) is 4. The largest absolute Gasteiger partial charge is 0.508 e. The summed E-state index contributed by atoms with van der Waals surface area (Å²) in [5, 5.41) is 32.9. The molecule has 0 unspecified atom stereocenters. The molecule has 0 heterocycles. The van der Waals surface area contributed by atoms with E-state index in [0.29, 0.717) is 0 Å². The zero-order valence-corrected chi connectivity index (χ0v) is 17.3. The van der Waals surface area contributed by atoms with E-state index in [1.54, 1.807) is 19.0 Å². The lowest BCUT2D eigenvalue weighted by Gasteiger charge is -2.49. The van der Waals surface area contributed by atoms with Crippen molar-refractivity contribution in [3.8, 4) is 5.75 Å². The number of fused-ring (bicyclic) bond motifs is 3. The van der Waals surface area contributed by atoms with Crippen molar-refractivity contribution in [1.82, 2.24) is 4.90 Å². The number of nitrogens with two attached hydrogens (primary N) is 1. The molecule has 0 bridgehead atoms. The lowest BCUT2D eigenvalue weighted by Crippen LogP contribution is -2.62. The predicted molar refractivity (Wildman–Crippen MR) is 107 cm³/mol. The summed E-state index contributed by atoms with van der Waals surface area (Å²) >= 11 is 0. The van der Waals surface area contributed by atoms with E-state index in [0.717, 1.165) is 6.07 Å². The molecule has 1 aromatic rings. The van der Waals surface area contributed by atoms with E-state index < -0.39 is 63.9 Å². The van der Waals surface area contributed by atoms with Crippen LogP contribution >= 0.6 is 0 Å². The van der Waals surface area contributed by atoms with Crippen molar-refractivity contribution in [2.75, 3.05) is 14.1 Å². The van der Waals surface area contributed by atoms with Crippen LogP contribution < -0.4 is 5.73 Å². The molecule has 5 N–H and O–H groups in total. The first-order valence-corrected chi connectivity index (χ1v) is 9.85. The maximum Gasteiger partial charge on any atom is 0.252 e. The molecule has 1 amide bonds. The van der Waals surface area contributed by atoms with E-state index in [4.69, 9.17) is 5.73 Å². The number of rotatable bonds is 2. The molecule has 0 fully saturated rings. The van der Waals surface area contributed by atoms with Crippen molar-refractivity contribution < 1.29 is 34.1 Å². The van der Waals surface area contributed by atoms with Crippen LogP contribution in [0.25, 0.3) is 0 Å². The van der Waals surface area contributed by atoms with Crippen molar-refractivity contribution >= 4 is 17.5 Å². The number of Topliss-reactive ketones (excluding diaryl/α,β-unsaturated/α-hetero) is 2. The number of phenolic OH excluding ortho intramolecular Hbond substituents is 1. The zero-order valence-electron chi connectivity index (χ0n) is 17.3. The smallest absolute Gasteiger partial charge is 0.252 e. The number of nitrogens with zero attached hydrogens (tertiary/aromatic N) is 1. The fourth-order valence-corrected chi connectivity index (χ4v) is 5.21. The normalized spacial score (nSPS) is 30.0. The van der Waals surface area contributed by atoms with Crippen molar-refractivity contribution in [2.24, 2.45) is 17.6 Å². The van der Waals surface area contributed by atoms with E-state index in [1.807, 2.05) is 0 Å². The minimum Gasteiger partial charge on any atom is -0.508 e. The number of carbonyl (C=O) groups excluding carboxylic acids is 3. The Labute approximate surface area is 177 Å². The number of aromatic hydroxyl groups is 1. The summed E-state index contributed by atoms with van der Waals surface area (Å²) in [6.45, 7) is 1.44. The Hall–Kier alpha value is -3.04. The third-order valence-electron chi connectivity index (χ3n) is 6.77. The lowest BCUT2D eigenvalue weighted by molar-refractivity contribution is -0.146. The number of amides is 1. The van der Waals surface area contributed by atoms with E-state index in [2.05, 4.69) is 0 Å². The number of carbonyl (C=O) groups is 3. The van der Waals surface area contributed by atoms with Crippen LogP contribution in [-0.2, 0) is 16.0 Å². The number of hydrogen-bond acceptors (Lipinski definition) is 7. The molecule has 4 rings (SSSR count). The number of halogens is 1. The van der Waals surface area contributed by atoms with Crippen LogP contribution in [0.3, 0.4) is 0 Å². The van der Waals surface area contributed by atoms with Crippen molar-refractivity contribution in [1.29, 1.82) is 0 Å². The number of allylic oxidation sites excluding steroid dienone is 1. The maximum absolute atomic E-state index is 14.6. The number of benzene rings is 1. The van der Waals surface area contributed by atoms with E-state index in [1.165, 1.54) is 13.0 Å². The molecular weight excluding hydrogens is 407 g/mol. The summed E-state index contributed by atoms with van der Waals surface area (Å²) in [6, 6.07) is 0.491. The average molecular weight is 430 g/mol. The van der Waals surface area contributed by atoms with Gasteiger partial charge in [0.25, 0.3) is 5.91 Å². The number of aliphatic hydroxyl groups is 2. The summed E-state index contributed by atoms with van der Waals surface area (Å²) in [4.78, 5) is 39.8. The topological polar surface area (TPSA) is 141 Å². The number of primary amides is 1. The predicted octanol–water partition coefficient (Wildman–Crippen LogP) is 0.682. The fraction of sp³-hybridized carbons (Fsp3) is 0.409. The molecule has 9 heteroatoms. The van der Waals surface area contributed by atoms with Gasteiger partial charge in [-0.15, -0.1) is 0 Å². The molecule has 0 saturated heterocycles. The molecule has 3 aliphatic carbocycles. The minimum atomic E-state index is -2.54. The molecule has 0 radical (unpaired) electrons. The van der Waals surface area contributed by atoms with Crippen molar-refractivity contribution in [3.05, 3.63) is 51.6 Å². The molecule has 1 aromatic carbocycles. The van der Waals surface area contributed by atoms with Gasteiger partial charge in [-0.05, 0) is 51.4 Å². The third kappa shape index (κ3) is 2.69. The number of phenols is 1. The highest BCUT2D eigenvalue weighted by molar-refractivity contribution is 6.24. The van der Waals surface area contributed by atoms with Crippen LogP contribution in [0.1, 0.15) is 27.9 Å². The summed E-state index contributed by atoms with van der Waals surface area (Å²) in [5.74, 6) is -6.48. The van der Waals surface area contributed by atoms with Crippen LogP contribution in [0.2, 0.25) is 0 Å². The van der Waals surface area contributed by atoms with Crippen molar-refractivity contribution in [2.45, 2.75) is 31.4 Å². The number of ketones is 2. The van der Waals surface area contributed by atoms with Crippen LogP contribution in [0, 0.1) is 24.6 Å². The van der Waals surface area contributed by atoms with Crippen LogP contribution in [0.15, 0.2) is 29.0 Å². The first-order chi connectivity index (χ1) is 14.4.